The van der Waals surface area contributed by atoms with E-state index < -0.39 is 18.6 Å². The van der Waals surface area contributed by atoms with E-state index in [4.69, 9.17) is 0 Å². The average Bonchev–Trinajstić information content (AvgIpc) is 3.19. The molecule has 2 atom stereocenters. The molecule has 0 saturated carbocycles. The van der Waals surface area contributed by atoms with Crippen LogP contribution in [-0.4, -0.2) is 77.0 Å². The molecule has 0 aliphatic carbocycles. The van der Waals surface area contributed by atoms with Crippen LogP contribution in [0.4, 0.5) is 13.2 Å². The van der Waals surface area contributed by atoms with Crippen LogP contribution in [0.25, 0.3) is 0 Å². The monoisotopic (exact) mass is 387 g/mol. The van der Waals surface area contributed by atoms with Crippen LogP contribution in [0.1, 0.15) is 36.2 Å². The summed E-state index contributed by atoms with van der Waals surface area (Å²) in [5, 5.41) is 7.36. The fraction of sp³-hybridized carbons (Fsp3) is 0.778. The molecule has 0 bridgehead atoms. The number of hydrogen-bond donors (Lipinski definition) is 1. The minimum atomic E-state index is -4.33. The lowest BCUT2D eigenvalue weighted by atomic mass is 9.97. The molecule has 6 nitrogen and oxygen atoms in total. The van der Waals surface area contributed by atoms with Crippen LogP contribution in [0.2, 0.25) is 0 Å². The van der Waals surface area contributed by atoms with Crippen LogP contribution < -0.4 is 5.32 Å². The van der Waals surface area contributed by atoms with E-state index in [1.807, 2.05) is 4.90 Å². The first-order valence-corrected chi connectivity index (χ1v) is 9.51. The van der Waals surface area contributed by atoms with Gasteiger partial charge in [-0.05, 0) is 27.2 Å². The second kappa shape index (κ2) is 7.79. The number of halogens is 3. The van der Waals surface area contributed by atoms with E-state index in [1.54, 1.807) is 20.8 Å². The Labute approximate surface area is 157 Å². The molecule has 3 heterocycles. The fourth-order valence-corrected chi connectivity index (χ4v) is 4.35. The van der Waals surface area contributed by atoms with Crippen molar-refractivity contribution in [2.45, 2.75) is 51.9 Å². The molecule has 2 unspecified atom stereocenters. The van der Waals surface area contributed by atoms with Crippen LogP contribution in [0, 0.1) is 13.8 Å². The minimum Gasteiger partial charge on any atom is -0.341 e. The van der Waals surface area contributed by atoms with Crippen molar-refractivity contribution in [3.63, 3.8) is 0 Å². The number of amides is 1. The van der Waals surface area contributed by atoms with Crippen molar-refractivity contribution in [1.29, 1.82) is 0 Å². The standard InChI is InChI=1S/C18H28F3N5O/c1-12(16-13(2)23-26(14(16)3)11-18(19,20)21)17(27)25-7-4-15(10-25)24-8-5-22-6-9-24/h12,15,22H,4-11H2,1-3H3. The molecule has 27 heavy (non-hydrogen) atoms. The van der Waals surface area contributed by atoms with Gasteiger partial charge in [-0.1, -0.05) is 0 Å². The highest BCUT2D eigenvalue weighted by Crippen LogP contribution is 2.29. The number of likely N-dealkylation sites (tertiary alicyclic amines) is 1. The number of piperazine rings is 1. The van der Waals surface area contributed by atoms with Crippen molar-refractivity contribution < 1.29 is 18.0 Å². The van der Waals surface area contributed by atoms with Crippen LogP contribution >= 0.6 is 0 Å². The maximum atomic E-state index is 13.0. The summed E-state index contributed by atoms with van der Waals surface area (Å²) < 4.78 is 39.2. The van der Waals surface area contributed by atoms with Gasteiger partial charge in [-0.25, -0.2) is 0 Å². The summed E-state index contributed by atoms with van der Waals surface area (Å²) in [6.45, 7) is 9.24. The van der Waals surface area contributed by atoms with Gasteiger partial charge in [0, 0.05) is 56.6 Å². The minimum absolute atomic E-state index is 0.0228. The Morgan fingerprint density at radius 1 is 1.26 bits per heavy atom. The smallest absolute Gasteiger partial charge is 0.341 e. The molecule has 1 amide bonds. The van der Waals surface area contributed by atoms with Crippen molar-refractivity contribution in [2.75, 3.05) is 39.3 Å². The molecule has 1 N–H and O–H groups in total. The largest absolute Gasteiger partial charge is 0.408 e. The van der Waals surface area contributed by atoms with E-state index in [0.29, 0.717) is 36.1 Å². The molecule has 2 aliphatic rings. The Morgan fingerprint density at radius 3 is 2.56 bits per heavy atom. The number of carbonyl (C=O) groups is 1. The SMILES string of the molecule is Cc1nn(CC(F)(F)F)c(C)c1C(C)C(=O)N1CCC(N2CCNCC2)C1. The maximum Gasteiger partial charge on any atom is 0.408 e. The second-order valence-corrected chi connectivity index (χ2v) is 7.59. The molecule has 0 radical (unpaired) electrons. The summed E-state index contributed by atoms with van der Waals surface area (Å²) in [4.78, 5) is 17.3. The molecule has 2 saturated heterocycles. The van der Waals surface area contributed by atoms with Crippen molar-refractivity contribution in [3.8, 4) is 0 Å². The summed E-state index contributed by atoms with van der Waals surface area (Å²) in [6.07, 6.45) is -3.39. The Balaban J connectivity index is 1.69. The normalized spacial score (nSPS) is 23.0. The van der Waals surface area contributed by atoms with Gasteiger partial charge < -0.3 is 10.2 Å². The van der Waals surface area contributed by atoms with Crippen LogP contribution in [0.5, 0.6) is 0 Å². The first-order valence-electron chi connectivity index (χ1n) is 9.51. The molecule has 3 rings (SSSR count). The number of rotatable bonds is 4. The highest BCUT2D eigenvalue weighted by Gasteiger charge is 2.36. The van der Waals surface area contributed by atoms with Crippen molar-refractivity contribution >= 4 is 5.91 Å². The molecular formula is C18H28F3N5O. The van der Waals surface area contributed by atoms with E-state index in [2.05, 4.69) is 15.3 Å². The Morgan fingerprint density at radius 2 is 1.93 bits per heavy atom. The zero-order valence-corrected chi connectivity index (χ0v) is 16.1. The number of nitrogens with one attached hydrogen (secondary N) is 1. The number of aromatic nitrogens is 2. The van der Waals surface area contributed by atoms with E-state index in [9.17, 15) is 18.0 Å². The summed E-state index contributed by atoms with van der Waals surface area (Å²) >= 11 is 0. The van der Waals surface area contributed by atoms with Crippen LogP contribution in [0.15, 0.2) is 0 Å². The lowest BCUT2D eigenvalue weighted by Gasteiger charge is -2.32. The predicted molar refractivity (Wildman–Crippen MR) is 95.6 cm³/mol. The third-order valence-electron chi connectivity index (χ3n) is 5.71. The average molecular weight is 387 g/mol. The third kappa shape index (κ3) is 4.45. The fourth-order valence-electron chi connectivity index (χ4n) is 4.35. The Kier molecular flexibility index (Phi) is 5.81. The number of carbonyl (C=O) groups excluding carboxylic acids is 1. The summed E-state index contributed by atoms with van der Waals surface area (Å²) in [7, 11) is 0. The van der Waals surface area contributed by atoms with Gasteiger partial charge in [0.25, 0.3) is 0 Å². The van der Waals surface area contributed by atoms with E-state index in [1.165, 1.54) is 0 Å². The van der Waals surface area contributed by atoms with Gasteiger partial charge in [0.15, 0.2) is 0 Å². The summed E-state index contributed by atoms with van der Waals surface area (Å²) in [5.74, 6) is -0.515. The van der Waals surface area contributed by atoms with E-state index in [0.717, 1.165) is 37.3 Å². The van der Waals surface area contributed by atoms with Crippen molar-refractivity contribution in [3.05, 3.63) is 17.0 Å². The van der Waals surface area contributed by atoms with Crippen molar-refractivity contribution in [2.24, 2.45) is 0 Å². The third-order valence-corrected chi connectivity index (χ3v) is 5.71. The number of hydrogen-bond acceptors (Lipinski definition) is 4. The van der Waals surface area contributed by atoms with Crippen LogP contribution in [-0.2, 0) is 11.3 Å². The van der Waals surface area contributed by atoms with Gasteiger partial charge in [-0.15, -0.1) is 0 Å². The molecule has 0 aromatic carbocycles. The molecule has 0 spiro atoms. The van der Waals surface area contributed by atoms with Gasteiger partial charge >= 0.3 is 6.18 Å². The molecule has 2 aliphatic heterocycles. The molecule has 152 valence electrons. The number of nitrogens with zero attached hydrogens (tertiary/aromatic N) is 4. The number of alkyl halides is 3. The number of aryl methyl sites for hydroxylation is 1. The first-order chi connectivity index (χ1) is 12.7. The molecule has 2 fully saturated rings. The highest BCUT2D eigenvalue weighted by molar-refractivity contribution is 5.84. The van der Waals surface area contributed by atoms with Gasteiger partial charge in [-0.2, -0.15) is 18.3 Å². The maximum absolute atomic E-state index is 13.0. The van der Waals surface area contributed by atoms with Gasteiger partial charge in [0.05, 0.1) is 11.6 Å². The van der Waals surface area contributed by atoms with Crippen LogP contribution in [0.3, 0.4) is 0 Å². The van der Waals surface area contributed by atoms with Crippen molar-refractivity contribution in [1.82, 2.24) is 24.9 Å². The van der Waals surface area contributed by atoms with Gasteiger partial charge in [-0.3, -0.25) is 14.4 Å². The molecule has 1 aromatic heterocycles. The quantitative estimate of drug-likeness (QED) is 0.854. The second-order valence-electron chi connectivity index (χ2n) is 7.59. The van der Waals surface area contributed by atoms with Gasteiger partial charge in [0.2, 0.25) is 5.91 Å². The van der Waals surface area contributed by atoms with E-state index >= 15 is 0 Å². The topological polar surface area (TPSA) is 53.4 Å². The lowest BCUT2D eigenvalue weighted by Crippen LogP contribution is -2.49. The summed E-state index contributed by atoms with van der Waals surface area (Å²) in [6, 6.07) is 0.374. The van der Waals surface area contributed by atoms with E-state index in [-0.39, 0.29) is 5.91 Å². The zero-order valence-electron chi connectivity index (χ0n) is 16.1. The molecular weight excluding hydrogens is 359 g/mol. The first kappa shape index (κ1) is 20.1. The highest BCUT2D eigenvalue weighted by atomic mass is 19.4. The molecule has 1 aromatic rings. The lowest BCUT2D eigenvalue weighted by molar-refractivity contribution is -0.143. The summed E-state index contributed by atoms with van der Waals surface area (Å²) in [5.41, 5.74) is 1.54. The Hall–Kier alpha value is -1.61. The van der Waals surface area contributed by atoms with Gasteiger partial charge in [0.1, 0.15) is 6.54 Å². The Bertz CT molecular complexity index is 681. The molecule has 9 heteroatoms. The zero-order chi connectivity index (χ0) is 19.8. The predicted octanol–water partition coefficient (Wildman–Crippen LogP) is 1.67.